The summed E-state index contributed by atoms with van der Waals surface area (Å²) in [6.45, 7) is 8.24. The lowest BCUT2D eigenvalue weighted by molar-refractivity contribution is 0.0570. The molecular formula is C17H25N3O3. The number of anilines is 1. The largest absolute Gasteiger partial charge is 0.443 e. The molecule has 1 aromatic heterocycles. The minimum absolute atomic E-state index is 0.141. The van der Waals surface area contributed by atoms with Crippen molar-refractivity contribution in [3.63, 3.8) is 0 Å². The number of hydrogen-bond acceptors (Lipinski definition) is 4. The van der Waals surface area contributed by atoms with Crippen molar-refractivity contribution in [1.29, 1.82) is 0 Å². The van der Waals surface area contributed by atoms with Gasteiger partial charge in [0.05, 0.1) is 24.2 Å². The van der Waals surface area contributed by atoms with Crippen molar-refractivity contribution in [3.05, 3.63) is 24.3 Å². The molecule has 6 heteroatoms. The van der Waals surface area contributed by atoms with Gasteiger partial charge in [0.25, 0.3) is 0 Å². The summed E-state index contributed by atoms with van der Waals surface area (Å²) in [5.74, 6) is 0.511. The molecule has 1 amide bonds. The van der Waals surface area contributed by atoms with Gasteiger partial charge >= 0.3 is 6.09 Å². The molecular weight excluding hydrogens is 294 g/mol. The Balaban J connectivity index is 2.47. The van der Waals surface area contributed by atoms with Gasteiger partial charge in [-0.2, -0.15) is 0 Å². The van der Waals surface area contributed by atoms with E-state index in [9.17, 15) is 9.90 Å². The molecule has 0 saturated carbocycles. The topological polar surface area (TPSA) is 67.6 Å². The Morgan fingerprint density at radius 3 is 2.65 bits per heavy atom. The highest BCUT2D eigenvalue weighted by molar-refractivity contribution is 5.89. The van der Waals surface area contributed by atoms with Crippen molar-refractivity contribution < 1.29 is 14.6 Å². The molecule has 0 radical (unpaired) electrons. The number of imidazole rings is 1. The summed E-state index contributed by atoms with van der Waals surface area (Å²) in [5, 5.41) is 9.35. The monoisotopic (exact) mass is 319 g/mol. The first kappa shape index (κ1) is 17.3. The zero-order chi connectivity index (χ0) is 17.0. The van der Waals surface area contributed by atoms with E-state index in [0.717, 1.165) is 24.0 Å². The summed E-state index contributed by atoms with van der Waals surface area (Å²) in [5.41, 5.74) is 1.19. The molecule has 1 heterocycles. The standard InChI is InChI=1S/C17H25N3O3/c1-5-10-19-14-9-7-6-8-13(14)18-15(19)20(11-12-21)16(22)23-17(2,3)4/h6-9,21H,5,10-12H2,1-4H3. The van der Waals surface area contributed by atoms with Gasteiger partial charge in [-0.25, -0.2) is 14.7 Å². The van der Waals surface area contributed by atoms with E-state index in [0.29, 0.717) is 5.95 Å². The van der Waals surface area contributed by atoms with Gasteiger partial charge in [-0.05, 0) is 39.3 Å². The van der Waals surface area contributed by atoms with Gasteiger partial charge in [0.15, 0.2) is 0 Å². The molecule has 126 valence electrons. The number of fused-ring (bicyclic) bond motifs is 1. The number of carbonyl (C=O) groups is 1. The fourth-order valence-corrected chi connectivity index (χ4v) is 2.40. The van der Waals surface area contributed by atoms with Crippen LogP contribution in [0.25, 0.3) is 11.0 Å². The van der Waals surface area contributed by atoms with E-state index in [2.05, 4.69) is 11.9 Å². The number of nitrogens with zero attached hydrogens (tertiary/aromatic N) is 3. The van der Waals surface area contributed by atoms with Crippen LogP contribution < -0.4 is 4.90 Å². The van der Waals surface area contributed by atoms with Crippen LogP contribution in [0.4, 0.5) is 10.7 Å². The second-order valence-electron chi connectivity index (χ2n) is 6.41. The quantitative estimate of drug-likeness (QED) is 0.919. The predicted molar refractivity (Wildman–Crippen MR) is 90.7 cm³/mol. The first-order chi connectivity index (χ1) is 10.9. The summed E-state index contributed by atoms with van der Waals surface area (Å²) in [6, 6.07) is 7.76. The molecule has 0 aliphatic rings. The lowest BCUT2D eigenvalue weighted by Crippen LogP contribution is -2.40. The maximum absolute atomic E-state index is 12.5. The summed E-state index contributed by atoms with van der Waals surface area (Å²) in [4.78, 5) is 18.5. The zero-order valence-electron chi connectivity index (χ0n) is 14.2. The number of benzene rings is 1. The van der Waals surface area contributed by atoms with Crippen molar-refractivity contribution in [3.8, 4) is 0 Å². The number of aromatic nitrogens is 2. The SMILES string of the molecule is CCCn1c(N(CCO)C(=O)OC(C)(C)C)nc2ccccc21. The molecule has 0 bridgehead atoms. The van der Waals surface area contributed by atoms with Gasteiger partial charge in [0, 0.05) is 6.54 Å². The van der Waals surface area contributed by atoms with E-state index in [1.54, 1.807) is 0 Å². The summed E-state index contributed by atoms with van der Waals surface area (Å²) >= 11 is 0. The fourth-order valence-electron chi connectivity index (χ4n) is 2.40. The zero-order valence-corrected chi connectivity index (χ0v) is 14.2. The average Bonchev–Trinajstić information content (AvgIpc) is 2.82. The number of carbonyl (C=O) groups excluding carboxylic acids is 1. The molecule has 1 aromatic carbocycles. The first-order valence-electron chi connectivity index (χ1n) is 7.94. The van der Waals surface area contributed by atoms with Crippen molar-refractivity contribution in [2.75, 3.05) is 18.1 Å². The van der Waals surface area contributed by atoms with Crippen molar-refractivity contribution >= 4 is 23.1 Å². The number of aliphatic hydroxyl groups is 1. The van der Waals surface area contributed by atoms with Gasteiger partial charge in [-0.1, -0.05) is 19.1 Å². The number of amides is 1. The molecule has 0 fully saturated rings. The number of aliphatic hydroxyl groups excluding tert-OH is 1. The van der Waals surface area contributed by atoms with Gasteiger partial charge in [-0.15, -0.1) is 0 Å². The van der Waals surface area contributed by atoms with Crippen LogP contribution in [0.5, 0.6) is 0 Å². The first-order valence-corrected chi connectivity index (χ1v) is 7.94. The van der Waals surface area contributed by atoms with Crippen LogP contribution in [0.15, 0.2) is 24.3 Å². The van der Waals surface area contributed by atoms with E-state index >= 15 is 0 Å². The molecule has 23 heavy (non-hydrogen) atoms. The van der Waals surface area contributed by atoms with E-state index in [-0.39, 0.29) is 13.2 Å². The van der Waals surface area contributed by atoms with Gasteiger partial charge in [-0.3, -0.25) is 0 Å². The van der Waals surface area contributed by atoms with Crippen LogP contribution in [-0.2, 0) is 11.3 Å². The van der Waals surface area contributed by atoms with Crippen molar-refractivity contribution in [2.45, 2.75) is 46.3 Å². The van der Waals surface area contributed by atoms with Crippen LogP contribution in [0, 0.1) is 0 Å². The lowest BCUT2D eigenvalue weighted by Gasteiger charge is -2.26. The average molecular weight is 319 g/mol. The van der Waals surface area contributed by atoms with Crippen LogP contribution in [-0.4, -0.2) is 39.5 Å². The second-order valence-corrected chi connectivity index (χ2v) is 6.41. The van der Waals surface area contributed by atoms with Gasteiger partial charge < -0.3 is 14.4 Å². The van der Waals surface area contributed by atoms with E-state index in [4.69, 9.17) is 4.74 Å². The molecule has 0 aliphatic heterocycles. The Hall–Kier alpha value is -2.08. The number of ether oxygens (including phenoxy) is 1. The van der Waals surface area contributed by atoms with Crippen molar-refractivity contribution in [1.82, 2.24) is 9.55 Å². The van der Waals surface area contributed by atoms with Crippen LogP contribution in [0.3, 0.4) is 0 Å². The maximum atomic E-state index is 12.5. The Morgan fingerprint density at radius 1 is 1.35 bits per heavy atom. The van der Waals surface area contributed by atoms with Crippen LogP contribution in [0.1, 0.15) is 34.1 Å². The molecule has 2 aromatic rings. The summed E-state index contributed by atoms with van der Waals surface area (Å²) < 4.78 is 7.45. The Bertz CT molecular complexity index is 673. The Kier molecular flexibility index (Phi) is 5.26. The normalized spacial score (nSPS) is 11.7. The van der Waals surface area contributed by atoms with E-state index in [1.165, 1.54) is 4.90 Å². The number of para-hydroxylation sites is 2. The number of aryl methyl sites for hydroxylation is 1. The highest BCUT2D eigenvalue weighted by Gasteiger charge is 2.27. The highest BCUT2D eigenvalue weighted by atomic mass is 16.6. The molecule has 0 unspecified atom stereocenters. The summed E-state index contributed by atoms with van der Waals surface area (Å²) in [6.07, 6.45) is 0.411. The van der Waals surface area contributed by atoms with Crippen molar-refractivity contribution in [2.24, 2.45) is 0 Å². The number of hydrogen-bond donors (Lipinski definition) is 1. The lowest BCUT2D eigenvalue weighted by atomic mass is 10.2. The Morgan fingerprint density at radius 2 is 2.04 bits per heavy atom. The van der Waals surface area contributed by atoms with Gasteiger partial charge in [0.2, 0.25) is 5.95 Å². The van der Waals surface area contributed by atoms with Crippen LogP contribution in [0.2, 0.25) is 0 Å². The predicted octanol–water partition coefficient (Wildman–Crippen LogP) is 3.18. The highest BCUT2D eigenvalue weighted by Crippen LogP contribution is 2.24. The molecule has 1 N–H and O–H groups in total. The molecule has 0 spiro atoms. The minimum atomic E-state index is -0.605. The molecule has 6 nitrogen and oxygen atoms in total. The van der Waals surface area contributed by atoms with Crippen LogP contribution >= 0.6 is 0 Å². The molecule has 0 atom stereocenters. The molecule has 0 saturated heterocycles. The maximum Gasteiger partial charge on any atom is 0.417 e. The second kappa shape index (κ2) is 7.00. The smallest absolute Gasteiger partial charge is 0.417 e. The Labute approximate surface area is 136 Å². The third-order valence-electron chi connectivity index (χ3n) is 3.26. The molecule has 2 rings (SSSR count). The summed E-state index contributed by atoms with van der Waals surface area (Å²) in [7, 11) is 0. The third-order valence-corrected chi connectivity index (χ3v) is 3.26. The fraction of sp³-hybridized carbons (Fsp3) is 0.529. The van der Waals surface area contributed by atoms with E-state index in [1.807, 2.05) is 49.6 Å². The third kappa shape index (κ3) is 4.01. The minimum Gasteiger partial charge on any atom is -0.443 e. The number of rotatable bonds is 5. The molecule has 0 aliphatic carbocycles. The van der Waals surface area contributed by atoms with Gasteiger partial charge in [0.1, 0.15) is 5.60 Å². The van der Waals surface area contributed by atoms with E-state index < -0.39 is 11.7 Å².